The Morgan fingerprint density at radius 1 is 1.21 bits per heavy atom. The lowest BCUT2D eigenvalue weighted by molar-refractivity contribution is -0.134. The van der Waals surface area contributed by atoms with Crippen molar-refractivity contribution in [3.63, 3.8) is 0 Å². The van der Waals surface area contributed by atoms with E-state index in [2.05, 4.69) is 5.10 Å². The van der Waals surface area contributed by atoms with Crippen molar-refractivity contribution in [2.75, 3.05) is 32.6 Å². The molecule has 8 heteroatoms. The zero-order valence-electron chi connectivity index (χ0n) is 17.8. The average Bonchev–Trinajstić information content (AvgIpc) is 3.16. The molecule has 1 aliphatic heterocycles. The molecule has 2 heterocycles. The summed E-state index contributed by atoms with van der Waals surface area (Å²) in [6.07, 6.45) is 0.603. The first-order valence-electron chi connectivity index (χ1n) is 9.82. The maximum Gasteiger partial charge on any atom is 0.244 e. The number of carbonyl (C=O) groups excluding carboxylic acids is 1. The van der Waals surface area contributed by atoms with E-state index in [1.807, 2.05) is 60.8 Å². The number of carbonyl (C=O) groups is 1. The molecule has 0 aliphatic carbocycles. The first-order valence-corrected chi connectivity index (χ1v) is 11.6. The second-order valence-corrected chi connectivity index (χ2v) is 10.3. The summed E-state index contributed by atoms with van der Waals surface area (Å²) in [6.45, 7) is 4.48. The van der Waals surface area contributed by atoms with E-state index in [1.54, 1.807) is 19.0 Å². The second kappa shape index (κ2) is 8.28. The molecule has 0 unspecified atom stereocenters. The fourth-order valence-corrected chi connectivity index (χ4v) is 5.75. The molecule has 1 aliphatic rings. The van der Waals surface area contributed by atoms with E-state index in [9.17, 15) is 13.2 Å². The van der Waals surface area contributed by atoms with Gasteiger partial charge in [-0.15, -0.1) is 0 Å². The molecule has 0 bridgehead atoms. The third kappa shape index (κ3) is 4.53. The Kier molecular flexibility index (Phi) is 6.14. The summed E-state index contributed by atoms with van der Waals surface area (Å²) in [5.41, 5.74) is 3.84. The predicted octanol–water partition coefficient (Wildman–Crippen LogP) is 2.12. The molecule has 29 heavy (non-hydrogen) atoms. The monoisotopic (exact) mass is 418 g/mol. The van der Waals surface area contributed by atoms with Crippen LogP contribution in [0.1, 0.15) is 41.0 Å². The summed E-state index contributed by atoms with van der Waals surface area (Å²) in [4.78, 5) is 16.6. The minimum Gasteiger partial charge on any atom is -0.347 e. The molecule has 1 aromatic heterocycles. The maximum atomic E-state index is 12.9. The van der Waals surface area contributed by atoms with Gasteiger partial charge in [-0.25, -0.2) is 8.42 Å². The van der Waals surface area contributed by atoms with Crippen LogP contribution >= 0.6 is 0 Å². The van der Waals surface area contributed by atoms with Crippen LogP contribution in [-0.4, -0.2) is 66.6 Å². The number of nitrogens with zero attached hydrogens (tertiary/aromatic N) is 4. The molecule has 158 valence electrons. The van der Waals surface area contributed by atoms with E-state index in [1.165, 1.54) is 0 Å². The highest BCUT2D eigenvalue weighted by atomic mass is 32.2. The van der Waals surface area contributed by atoms with Gasteiger partial charge in [0.25, 0.3) is 0 Å². The molecular formula is C21H30N4O3S. The Morgan fingerprint density at radius 3 is 2.41 bits per heavy atom. The van der Waals surface area contributed by atoms with E-state index in [0.717, 1.165) is 22.5 Å². The molecule has 0 spiro atoms. The highest BCUT2D eigenvalue weighted by Gasteiger charge is 2.32. The van der Waals surface area contributed by atoms with E-state index in [4.69, 9.17) is 0 Å². The molecule has 1 amide bonds. The van der Waals surface area contributed by atoms with Crippen molar-refractivity contribution in [2.45, 2.75) is 38.9 Å². The van der Waals surface area contributed by atoms with Crippen LogP contribution in [0.15, 0.2) is 30.3 Å². The van der Waals surface area contributed by atoms with Crippen LogP contribution in [0.4, 0.5) is 0 Å². The van der Waals surface area contributed by atoms with Gasteiger partial charge in [0.1, 0.15) is 6.04 Å². The average molecular weight is 419 g/mol. The predicted molar refractivity (Wildman–Crippen MR) is 113 cm³/mol. The molecular weight excluding hydrogens is 388 g/mol. The SMILES string of the molecule is Cc1nn([C@H]2CCS(=O)(=O)C2)c(C)c1CN(C)[C@H](C(=O)N(C)C)c1ccccc1. The number of hydrogen-bond donors (Lipinski definition) is 0. The zero-order valence-corrected chi connectivity index (χ0v) is 18.6. The molecule has 2 aromatic rings. The number of sulfone groups is 1. The quantitative estimate of drug-likeness (QED) is 0.718. The summed E-state index contributed by atoms with van der Waals surface area (Å²) < 4.78 is 25.6. The molecule has 1 aromatic carbocycles. The highest BCUT2D eigenvalue weighted by Crippen LogP contribution is 2.29. The van der Waals surface area contributed by atoms with Crippen LogP contribution in [0.25, 0.3) is 0 Å². The smallest absolute Gasteiger partial charge is 0.244 e. The molecule has 0 N–H and O–H groups in total. The molecule has 0 saturated carbocycles. The maximum absolute atomic E-state index is 12.9. The first kappa shape index (κ1) is 21.5. The molecule has 3 rings (SSSR count). The van der Waals surface area contributed by atoms with Crippen molar-refractivity contribution < 1.29 is 13.2 Å². The van der Waals surface area contributed by atoms with Gasteiger partial charge in [-0.1, -0.05) is 30.3 Å². The van der Waals surface area contributed by atoms with Crippen molar-refractivity contribution in [3.05, 3.63) is 52.8 Å². The Hall–Kier alpha value is -2.19. The van der Waals surface area contributed by atoms with E-state index < -0.39 is 15.9 Å². The highest BCUT2D eigenvalue weighted by molar-refractivity contribution is 7.91. The number of aryl methyl sites for hydroxylation is 1. The molecule has 1 saturated heterocycles. The number of likely N-dealkylation sites (N-methyl/N-ethyl adjacent to an activating group) is 2. The van der Waals surface area contributed by atoms with Crippen LogP contribution in [0.2, 0.25) is 0 Å². The molecule has 2 atom stereocenters. The van der Waals surface area contributed by atoms with E-state index >= 15 is 0 Å². The van der Waals surface area contributed by atoms with Gasteiger partial charge in [0.05, 0.1) is 23.2 Å². The summed E-state index contributed by atoms with van der Waals surface area (Å²) in [6, 6.07) is 9.24. The lowest BCUT2D eigenvalue weighted by atomic mass is 10.0. The minimum absolute atomic E-state index is 0.0169. The van der Waals surface area contributed by atoms with Crippen LogP contribution < -0.4 is 0 Å². The van der Waals surface area contributed by atoms with Gasteiger partial charge in [0.15, 0.2) is 9.84 Å². The Bertz CT molecular complexity index is 983. The summed E-state index contributed by atoms with van der Waals surface area (Å²) in [5, 5.41) is 4.65. The van der Waals surface area contributed by atoms with E-state index in [0.29, 0.717) is 13.0 Å². The molecule has 0 radical (unpaired) electrons. The third-order valence-corrected chi connectivity index (χ3v) is 7.42. The van der Waals surface area contributed by atoms with Crippen LogP contribution in [0.3, 0.4) is 0 Å². The van der Waals surface area contributed by atoms with E-state index in [-0.39, 0.29) is 23.5 Å². The number of rotatable bonds is 6. The van der Waals surface area contributed by atoms with Crippen LogP contribution in [0, 0.1) is 13.8 Å². The second-order valence-electron chi connectivity index (χ2n) is 8.11. The lowest BCUT2D eigenvalue weighted by Gasteiger charge is -2.30. The fraction of sp³-hybridized carbons (Fsp3) is 0.524. The Morgan fingerprint density at radius 2 is 1.86 bits per heavy atom. The van der Waals surface area contributed by atoms with Gasteiger partial charge in [-0.3, -0.25) is 14.4 Å². The van der Waals surface area contributed by atoms with Crippen molar-refractivity contribution in [2.24, 2.45) is 0 Å². The first-order chi connectivity index (χ1) is 13.6. The lowest BCUT2D eigenvalue weighted by Crippen LogP contribution is -2.38. The summed E-state index contributed by atoms with van der Waals surface area (Å²) >= 11 is 0. The zero-order chi connectivity index (χ0) is 21.3. The Labute approximate surface area is 173 Å². The largest absolute Gasteiger partial charge is 0.347 e. The van der Waals surface area contributed by atoms with Crippen LogP contribution in [0.5, 0.6) is 0 Å². The third-order valence-electron chi connectivity index (χ3n) is 5.67. The fourth-order valence-electron chi connectivity index (χ4n) is 4.06. The normalized spacial score (nSPS) is 19.4. The topological polar surface area (TPSA) is 75.5 Å². The van der Waals surface area contributed by atoms with Crippen molar-refractivity contribution in [1.29, 1.82) is 0 Å². The van der Waals surface area contributed by atoms with Gasteiger partial charge in [-0.05, 0) is 32.9 Å². The van der Waals surface area contributed by atoms with Gasteiger partial charge in [0, 0.05) is 31.9 Å². The van der Waals surface area contributed by atoms with Crippen molar-refractivity contribution in [1.82, 2.24) is 19.6 Å². The van der Waals surface area contributed by atoms with Crippen molar-refractivity contribution >= 4 is 15.7 Å². The minimum atomic E-state index is -2.98. The number of benzene rings is 1. The van der Waals surface area contributed by atoms with Gasteiger partial charge >= 0.3 is 0 Å². The summed E-state index contributed by atoms with van der Waals surface area (Å²) in [5.74, 6) is 0.387. The van der Waals surface area contributed by atoms with Gasteiger partial charge in [0.2, 0.25) is 5.91 Å². The number of amides is 1. The van der Waals surface area contributed by atoms with Gasteiger partial charge < -0.3 is 4.90 Å². The van der Waals surface area contributed by atoms with Gasteiger partial charge in [-0.2, -0.15) is 5.10 Å². The summed E-state index contributed by atoms with van der Waals surface area (Å²) in [7, 11) is 2.49. The molecule has 1 fully saturated rings. The number of hydrogen-bond acceptors (Lipinski definition) is 5. The molecule has 7 nitrogen and oxygen atoms in total. The Balaban J connectivity index is 1.89. The van der Waals surface area contributed by atoms with Crippen molar-refractivity contribution in [3.8, 4) is 0 Å². The standard InChI is InChI=1S/C21H30N4O3S/c1-15-19(16(2)25(22-15)18-11-12-29(27,28)14-18)13-24(5)20(21(26)23(3)4)17-9-7-6-8-10-17/h6-10,18,20H,11-14H2,1-5H3/t18-,20-/m0/s1. The number of aromatic nitrogens is 2. The van der Waals surface area contributed by atoms with Crippen LogP contribution in [-0.2, 0) is 21.2 Å².